The van der Waals surface area contributed by atoms with E-state index in [4.69, 9.17) is 4.74 Å². The fraction of sp³-hybridized carbons (Fsp3) is 0.933. The van der Waals surface area contributed by atoms with Gasteiger partial charge in [0.15, 0.2) is 0 Å². The van der Waals surface area contributed by atoms with Gasteiger partial charge in [-0.15, -0.1) is 0 Å². The van der Waals surface area contributed by atoms with Crippen LogP contribution in [0.2, 0.25) is 0 Å². The van der Waals surface area contributed by atoms with Crippen molar-refractivity contribution in [3.63, 3.8) is 0 Å². The van der Waals surface area contributed by atoms with Crippen molar-refractivity contribution in [1.82, 2.24) is 10.2 Å². The second-order valence-corrected chi connectivity index (χ2v) is 6.44. The summed E-state index contributed by atoms with van der Waals surface area (Å²) in [5.74, 6) is 0.705. The van der Waals surface area contributed by atoms with Crippen molar-refractivity contribution in [2.24, 2.45) is 5.92 Å². The fourth-order valence-corrected chi connectivity index (χ4v) is 3.06. The smallest absolute Gasteiger partial charge is 0.251 e. The Balaban J connectivity index is 1.93. The number of hydrogen-bond acceptors (Lipinski definition) is 3. The first-order chi connectivity index (χ1) is 9.06. The van der Waals surface area contributed by atoms with Crippen LogP contribution in [0.4, 0.5) is 0 Å². The monoisotopic (exact) mass is 268 g/mol. The second kappa shape index (κ2) is 6.71. The van der Waals surface area contributed by atoms with Crippen molar-refractivity contribution in [2.45, 2.75) is 64.7 Å². The Bertz CT molecular complexity index is 301. The van der Waals surface area contributed by atoms with Crippen molar-refractivity contribution in [3.8, 4) is 0 Å². The summed E-state index contributed by atoms with van der Waals surface area (Å²) in [6.45, 7) is 9.15. The number of nitrogens with zero attached hydrogens (tertiary/aromatic N) is 1. The molecule has 0 aliphatic carbocycles. The van der Waals surface area contributed by atoms with Crippen LogP contribution in [0.3, 0.4) is 0 Å². The maximum absolute atomic E-state index is 12.6. The highest BCUT2D eigenvalue weighted by Crippen LogP contribution is 2.22. The number of amides is 1. The average Bonchev–Trinajstić information content (AvgIpc) is 2.98. The number of hydrogen-bond donors (Lipinski definition) is 1. The topological polar surface area (TPSA) is 41.6 Å². The maximum Gasteiger partial charge on any atom is 0.251 e. The van der Waals surface area contributed by atoms with Gasteiger partial charge in [0.25, 0.3) is 5.91 Å². The van der Waals surface area contributed by atoms with E-state index in [-0.39, 0.29) is 18.1 Å². The molecule has 4 nitrogen and oxygen atoms in total. The Labute approximate surface area is 116 Å². The largest absolute Gasteiger partial charge is 0.365 e. The molecule has 110 valence electrons. The predicted molar refractivity (Wildman–Crippen MR) is 76.0 cm³/mol. The summed E-state index contributed by atoms with van der Waals surface area (Å²) in [7, 11) is 0. The molecule has 0 spiro atoms. The van der Waals surface area contributed by atoms with Crippen LogP contribution in [0.15, 0.2) is 0 Å². The van der Waals surface area contributed by atoms with E-state index in [1.165, 1.54) is 12.8 Å². The van der Waals surface area contributed by atoms with Crippen molar-refractivity contribution in [3.05, 3.63) is 0 Å². The van der Waals surface area contributed by atoms with Gasteiger partial charge in [0.1, 0.15) is 6.10 Å². The van der Waals surface area contributed by atoms with Crippen molar-refractivity contribution in [1.29, 1.82) is 0 Å². The minimum absolute atomic E-state index is 0.199. The number of rotatable bonds is 5. The van der Waals surface area contributed by atoms with Gasteiger partial charge >= 0.3 is 0 Å². The van der Waals surface area contributed by atoms with Crippen LogP contribution in [0.5, 0.6) is 0 Å². The van der Waals surface area contributed by atoms with Gasteiger partial charge in [-0.1, -0.05) is 13.8 Å². The van der Waals surface area contributed by atoms with Crippen LogP contribution in [0, 0.1) is 5.92 Å². The third-order valence-electron chi connectivity index (χ3n) is 4.01. The molecular formula is C15H28N2O2. The molecule has 0 aromatic heterocycles. The third-order valence-corrected chi connectivity index (χ3v) is 4.01. The molecule has 1 N–H and O–H groups in total. The molecule has 3 atom stereocenters. The molecule has 0 aromatic rings. The lowest BCUT2D eigenvalue weighted by molar-refractivity contribution is -0.143. The summed E-state index contributed by atoms with van der Waals surface area (Å²) in [6.07, 6.45) is 4.34. The normalized spacial score (nSPS) is 31.1. The number of nitrogens with one attached hydrogen (secondary N) is 1. The molecule has 19 heavy (non-hydrogen) atoms. The molecule has 0 bridgehead atoms. The summed E-state index contributed by atoms with van der Waals surface area (Å²) in [4.78, 5) is 14.6. The molecule has 0 saturated carbocycles. The van der Waals surface area contributed by atoms with Gasteiger partial charge < -0.3 is 15.0 Å². The highest BCUT2D eigenvalue weighted by atomic mass is 16.5. The molecular weight excluding hydrogens is 240 g/mol. The summed E-state index contributed by atoms with van der Waals surface area (Å²) in [5, 5.41) is 3.48. The van der Waals surface area contributed by atoms with Crippen LogP contribution >= 0.6 is 0 Å². The van der Waals surface area contributed by atoms with E-state index in [1.54, 1.807) is 0 Å². The lowest BCUT2D eigenvalue weighted by Gasteiger charge is -2.29. The van der Waals surface area contributed by atoms with Gasteiger partial charge in [0.2, 0.25) is 0 Å². The lowest BCUT2D eigenvalue weighted by atomic mass is 10.1. The maximum atomic E-state index is 12.6. The molecule has 2 heterocycles. The molecule has 0 aromatic carbocycles. The molecule has 2 fully saturated rings. The summed E-state index contributed by atoms with van der Waals surface area (Å²) in [5.41, 5.74) is 0. The first-order valence-corrected chi connectivity index (χ1v) is 7.74. The van der Waals surface area contributed by atoms with Crippen molar-refractivity contribution in [2.75, 3.05) is 19.6 Å². The van der Waals surface area contributed by atoms with Crippen LogP contribution < -0.4 is 5.32 Å². The molecule has 2 aliphatic rings. The third kappa shape index (κ3) is 4.18. The summed E-state index contributed by atoms with van der Waals surface area (Å²) < 4.78 is 5.74. The zero-order valence-electron chi connectivity index (χ0n) is 12.5. The first-order valence-electron chi connectivity index (χ1n) is 7.74. The molecule has 2 rings (SSSR count). The first kappa shape index (κ1) is 14.8. The zero-order chi connectivity index (χ0) is 13.8. The highest BCUT2D eigenvalue weighted by Gasteiger charge is 2.33. The van der Waals surface area contributed by atoms with Gasteiger partial charge in [-0.05, 0) is 45.1 Å². The number of carbonyl (C=O) groups is 1. The molecule has 1 amide bonds. The van der Waals surface area contributed by atoms with Gasteiger partial charge in [-0.3, -0.25) is 4.79 Å². The van der Waals surface area contributed by atoms with E-state index in [0.29, 0.717) is 12.0 Å². The van der Waals surface area contributed by atoms with Crippen LogP contribution in [0.1, 0.15) is 46.5 Å². The van der Waals surface area contributed by atoms with E-state index in [9.17, 15) is 4.79 Å². The number of carbonyl (C=O) groups excluding carboxylic acids is 1. The zero-order valence-corrected chi connectivity index (χ0v) is 12.5. The quantitative estimate of drug-likeness (QED) is 0.826. The molecule has 3 unspecified atom stereocenters. The fourth-order valence-electron chi connectivity index (χ4n) is 3.06. The summed E-state index contributed by atoms with van der Waals surface area (Å²) >= 11 is 0. The van der Waals surface area contributed by atoms with Crippen molar-refractivity contribution < 1.29 is 9.53 Å². The highest BCUT2D eigenvalue weighted by molar-refractivity contribution is 5.81. The van der Waals surface area contributed by atoms with Gasteiger partial charge in [0, 0.05) is 19.1 Å². The van der Waals surface area contributed by atoms with E-state index in [0.717, 1.165) is 32.5 Å². The SMILES string of the molecule is CC(C)CN(CC1CCCN1)C(=O)C1CCC(C)O1. The van der Waals surface area contributed by atoms with E-state index < -0.39 is 0 Å². The van der Waals surface area contributed by atoms with E-state index in [2.05, 4.69) is 26.1 Å². The minimum atomic E-state index is -0.199. The Kier molecular flexibility index (Phi) is 5.22. The van der Waals surface area contributed by atoms with Crippen LogP contribution in [-0.4, -0.2) is 48.7 Å². The molecule has 2 saturated heterocycles. The Morgan fingerprint density at radius 2 is 2.16 bits per heavy atom. The number of ether oxygens (including phenoxy) is 1. The van der Waals surface area contributed by atoms with Crippen LogP contribution in [0.25, 0.3) is 0 Å². The van der Waals surface area contributed by atoms with Gasteiger partial charge in [-0.2, -0.15) is 0 Å². The minimum Gasteiger partial charge on any atom is -0.365 e. The van der Waals surface area contributed by atoms with E-state index >= 15 is 0 Å². The molecule has 2 aliphatic heterocycles. The van der Waals surface area contributed by atoms with Gasteiger partial charge in [-0.25, -0.2) is 0 Å². The summed E-state index contributed by atoms with van der Waals surface area (Å²) in [6, 6.07) is 0.474. The predicted octanol–water partition coefficient (Wildman–Crippen LogP) is 1.79. The Hall–Kier alpha value is -0.610. The van der Waals surface area contributed by atoms with Gasteiger partial charge in [0.05, 0.1) is 6.10 Å². The molecule has 4 heteroatoms. The Morgan fingerprint density at radius 3 is 2.68 bits per heavy atom. The van der Waals surface area contributed by atoms with Crippen LogP contribution in [-0.2, 0) is 9.53 Å². The average molecular weight is 268 g/mol. The van der Waals surface area contributed by atoms with E-state index in [1.807, 2.05) is 4.90 Å². The second-order valence-electron chi connectivity index (χ2n) is 6.44. The standard InChI is InChI=1S/C15H28N2O2/c1-11(2)9-17(10-13-5-4-8-16-13)15(18)14-7-6-12(3)19-14/h11-14,16H,4-10H2,1-3H3. The molecule has 0 radical (unpaired) electrons. The Morgan fingerprint density at radius 1 is 1.37 bits per heavy atom. The van der Waals surface area contributed by atoms with Crippen molar-refractivity contribution >= 4 is 5.91 Å². The lowest BCUT2D eigenvalue weighted by Crippen LogP contribution is -2.46.